The summed E-state index contributed by atoms with van der Waals surface area (Å²) in [5, 5.41) is 18.5. The molecule has 0 spiro atoms. The van der Waals surface area contributed by atoms with Crippen LogP contribution in [-0.2, 0) is 24.2 Å². The molecule has 10 heteroatoms. The summed E-state index contributed by atoms with van der Waals surface area (Å²) < 4.78 is 41.5. The molecule has 30 heavy (non-hydrogen) atoms. The van der Waals surface area contributed by atoms with Gasteiger partial charge in [-0.25, -0.2) is 12.8 Å². The molecule has 6 unspecified atom stereocenters. The van der Waals surface area contributed by atoms with Crippen LogP contribution in [0.5, 0.6) is 0 Å². The Morgan fingerprint density at radius 1 is 1.17 bits per heavy atom. The summed E-state index contributed by atoms with van der Waals surface area (Å²) in [6.07, 6.45) is -0.0621. The third-order valence-corrected chi connectivity index (χ3v) is 9.48. The average molecular weight is 441 g/mol. The number of carbonyl (C=O) groups is 3. The highest BCUT2D eigenvalue weighted by molar-refractivity contribution is 7.92. The number of aliphatic carboxylic acids is 2. The number of ketones is 1. The van der Waals surface area contributed by atoms with E-state index < -0.39 is 78.7 Å². The maximum atomic E-state index is 14.4. The van der Waals surface area contributed by atoms with Crippen LogP contribution in [0.25, 0.3) is 0 Å². The number of carboxylic acid groups (broad SMARTS) is 2. The summed E-state index contributed by atoms with van der Waals surface area (Å²) in [7, 11) is -4.49. The van der Waals surface area contributed by atoms with Crippen LogP contribution in [0, 0.1) is 34.4 Å². The number of carbonyl (C=O) groups excluding carboxylic acids is 1. The zero-order valence-corrected chi connectivity index (χ0v) is 17.4. The number of carboxylic acids is 2. The van der Waals surface area contributed by atoms with Gasteiger partial charge in [0.1, 0.15) is 16.1 Å². The van der Waals surface area contributed by atoms with Crippen molar-refractivity contribution in [3.8, 4) is 0 Å². The molecule has 1 aromatic rings. The van der Waals surface area contributed by atoms with Gasteiger partial charge < -0.3 is 15.9 Å². The van der Waals surface area contributed by atoms with E-state index >= 15 is 0 Å². The summed E-state index contributed by atoms with van der Waals surface area (Å²) in [5.74, 6) is -8.60. The van der Waals surface area contributed by atoms with E-state index in [1.54, 1.807) is 13.8 Å². The fourth-order valence-electron chi connectivity index (χ4n) is 6.28. The van der Waals surface area contributed by atoms with Crippen molar-refractivity contribution in [2.24, 2.45) is 34.3 Å². The summed E-state index contributed by atoms with van der Waals surface area (Å²) in [6, 6.07) is 4.67. The van der Waals surface area contributed by atoms with Crippen molar-refractivity contribution in [2.45, 2.75) is 36.8 Å². The Morgan fingerprint density at radius 2 is 1.77 bits per heavy atom. The number of fused-ring (bicyclic) bond motifs is 1. The predicted molar refractivity (Wildman–Crippen MR) is 103 cm³/mol. The fourth-order valence-corrected chi connectivity index (χ4v) is 8.80. The Morgan fingerprint density at radius 3 is 2.20 bits per heavy atom. The second kappa shape index (κ2) is 7.12. The van der Waals surface area contributed by atoms with Gasteiger partial charge in [-0.05, 0) is 30.4 Å². The van der Waals surface area contributed by atoms with E-state index in [2.05, 4.69) is 0 Å². The Balaban J connectivity index is 2.36. The highest BCUT2D eigenvalue weighted by Crippen LogP contribution is 2.81. The Hall–Kier alpha value is -2.33. The smallest absolute Gasteiger partial charge is 0.318 e. The van der Waals surface area contributed by atoms with E-state index in [1.807, 2.05) is 0 Å². The lowest BCUT2D eigenvalue weighted by Crippen LogP contribution is -2.56. The molecular formula is C20H24FNO7S. The summed E-state index contributed by atoms with van der Waals surface area (Å²) >= 11 is 0. The predicted octanol–water partition coefficient (Wildman–Crippen LogP) is 1.33. The van der Waals surface area contributed by atoms with Crippen molar-refractivity contribution >= 4 is 27.6 Å². The van der Waals surface area contributed by atoms with Gasteiger partial charge in [-0.3, -0.25) is 14.4 Å². The fraction of sp³-hybridized carbons (Fsp3) is 0.550. The quantitative estimate of drug-likeness (QED) is 0.511. The molecule has 2 aliphatic carbocycles. The first-order valence-corrected chi connectivity index (χ1v) is 11.2. The van der Waals surface area contributed by atoms with Crippen molar-refractivity contribution in [2.75, 3.05) is 6.54 Å². The minimum Gasteiger partial charge on any atom is -0.481 e. The van der Waals surface area contributed by atoms with Crippen LogP contribution in [0.2, 0.25) is 0 Å². The molecule has 0 saturated heterocycles. The van der Waals surface area contributed by atoms with Crippen LogP contribution in [0.15, 0.2) is 29.2 Å². The first kappa shape index (κ1) is 22.4. The molecule has 2 fully saturated rings. The largest absolute Gasteiger partial charge is 0.481 e. The minimum absolute atomic E-state index is 0.0268. The Bertz CT molecular complexity index is 1030. The number of nitrogens with two attached hydrogens (primary N) is 1. The van der Waals surface area contributed by atoms with Crippen LogP contribution in [0.4, 0.5) is 4.39 Å². The van der Waals surface area contributed by atoms with Gasteiger partial charge in [-0.1, -0.05) is 32.4 Å². The van der Waals surface area contributed by atoms with E-state index in [0.29, 0.717) is 0 Å². The molecule has 1 aromatic carbocycles. The van der Waals surface area contributed by atoms with Gasteiger partial charge in [-0.15, -0.1) is 0 Å². The third kappa shape index (κ3) is 2.40. The number of Topliss-reactive ketones (excluding diaryl/α,β-unsaturated/α-hetero) is 1. The van der Waals surface area contributed by atoms with Crippen molar-refractivity contribution < 1.29 is 37.4 Å². The zero-order valence-electron chi connectivity index (χ0n) is 16.5. The maximum absolute atomic E-state index is 14.4. The molecule has 2 aliphatic rings. The number of rotatable bonds is 8. The molecule has 0 amide bonds. The number of hydrogen-bond donors (Lipinski definition) is 3. The van der Waals surface area contributed by atoms with Crippen molar-refractivity contribution in [3.63, 3.8) is 0 Å². The van der Waals surface area contributed by atoms with E-state index in [4.69, 9.17) is 5.73 Å². The monoisotopic (exact) mass is 441 g/mol. The first-order valence-electron chi connectivity index (χ1n) is 9.69. The molecule has 3 rings (SSSR count). The normalized spacial score (nSPS) is 34.9. The van der Waals surface area contributed by atoms with Gasteiger partial charge in [0.25, 0.3) is 0 Å². The third-order valence-electron chi connectivity index (χ3n) is 7.20. The highest BCUT2D eigenvalue weighted by Gasteiger charge is 2.90. The lowest BCUT2D eigenvalue weighted by Gasteiger charge is -2.40. The second-order valence-corrected chi connectivity index (χ2v) is 10.0. The van der Waals surface area contributed by atoms with Gasteiger partial charge in [0.15, 0.2) is 15.6 Å². The summed E-state index contributed by atoms with van der Waals surface area (Å²) in [4.78, 5) is 37.0. The lowest BCUT2D eigenvalue weighted by molar-refractivity contribution is -0.165. The number of benzene rings is 1. The lowest BCUT2D eigenvalue weighted by atomic mass is 9.61. The summed E-state index contributed by atoms with van der Waals surface area (Å²) in [6.45, 7) is 2.41. The van der Waals surface area contributed by atoms with Crippen molar-refractivity contribution in [1.82, 2.24) is 0 Å². The average Bonchev–Trinajstić information content (AvgIpc) is 3.28. The van der Waals surface area contributed by atoms with Crippen LogP contribution in [0.1, 0.15) is 26.7 Å². The molecule has 0 heterocycles. The summed E-state index contributed by atoms with van der Waals surface area (Å²) in [5.41, 5.74) is 1.65. The molecule has 2 saturated carbocycles. The van der Waals surface area contributed by atoms with E-state index in [9.17, 15) is 37.4 Å². The van der Waals surface area contributed by atoms with Crippen LogP contribution in [0.3, 0.4) is 0 Å². The second-order valence-electron chi connectivity index (χ2n) is 7.93. The standard InChI is InChI=1S/C20H24FNO7S/c1-3-10-16(30(28,29)12-8-6-5-7-11(12)21)14-15(17(24)25)19(14,4-2)20(10,18(26)27)13(23)9-22/h5-8,10,14-16H,3-4,9,22H2,1-2H3,(H,24,25)(H,26,27). The van der Waals surface area contributed by atoms with Gasteiger partial charge >= 0.3 is 11.9 Å². The maximum Gasteiger partial charge on any atom is 0.318 e. The number of hydrogen-bond acceptors (Lipinski definition) is 6. The molecule has 4 N–H and O–H groups in total. The minimum atomic E-state index is -4.49. The molecule has 0 radical (unpaired) electrons. The van der Waals surface area contributed by atoms with E-state index in [-0.39, 0.29) is 12.8 Å². The first-order chi connectivity index (χ1) is 14.0. The SMILES string of the molecule is CCC1C(S(=O)(=O)c2ccccc2F)C2C(C(=O)O)C2(CC)C1(C(=O)O)C(=O)CN. The molecule has 8 nitrogen and oxygen atoms in total. The number of sulfone groups is 1. The molecular weight excluding hydrogens is 417 g/mol. The van der Waals surface area contributed by atoms with Gasteiger partial charge in [0.2, 0.25) is 0 Å². The van der Waals surface area contributed by atoms with E-state index in [1.165, 1.54) is 12.1 Å². The Labute approximate surface area is 173 Å². The van der Waals surface area contributed by atoms with Crippen molar-refractivity contribution in [1.29, 1.82) is 0 Å². The van der Waals surface area contributed by atoms with Crippen molar-refractivity contribution in [3.05, 3.63) is 30.1 Å². The molecule has 0 aliphatic heterocycles. The van der Waals surface area contributed by atoms with Crippen LogP contribution < -0.4 is 5.73 Å². The molecule has 0 aromatic heterocycles. The van der Waals surface area contributed by atoms with Crippen LogP contribution >= 0.6 is 0 Å². The molecule has 6 atom stereocenters. The van der Waals surface area contributed by atoms with E-state index in [0.717, 1.165) is 12.1 Å². The molecule has 164 valence electrons. The van der Waals surface area contributed by atoms with Gasteiger partial charge in [0.05, 0.1) is 17.7 Å². The Kier molecular flexibility index (Phi) is 5.31. The van der Waals surface area contributed by atoms with Crippen LogP contribution in [-0.4, -0.2) is 48.1 Å². The molecule has 0 bridgehead atoms. The highest BCUT2D eigenvalue weighted by atomic mass is 32.2. The topological polar surface area (TPSA) is 152 Å². The van der Waals surface area contributed by atoms with Gasteiger partial charge in [0, 0.05) is 5.41 Å². The zero-order chi connectivity index (χ0) is 22.6. The van der Waals surface area contributed by atoms with Gasteiger partial charge in [-0.2, -0.15) is 0 Å². The number of halogens is 1.